The Kier molecular flexibility index (Phi) is 5.35. The first-order chi connectivity index (χ1) is 6.83. The molecular weight excluding hydrogens is 176 g/mol. The Morgan fingerprint density at radius 1 is 1.21 bits per heavy atom. The molecule has 0 atom stereocenters. The number of carbonyl (C=O) groups excluding carboxylic acids is 1. The molecule has 0 aromatic rings. The standard InChI is InChI=1S/C12H20O2/c1-2-3-4-5-6-7-8-9-11-10-12(13)14-11/h9H,2-8,10H2,1H3. The van der Waals surface area contributed by atoms with Crippen LogP contribution in [0.2, 0.25) is 0 Å². The molecule has 1 rings (SSSR count). The zero-order chi connectivity index (χ0) is 10.2. The first-order valence-electron chi connectivity index (χ1n) is 5.72. The molecule has 2 nitrogen and oxygen atoms in total. The van der Waals surface area contributed by atoms with Crippen LogP contribution in [0.1, 0.15) is 58.3 Å². The van der Waals surface area contributed by atoms with Crippen LogP contribution in [0.25, 0.3) is 0 Å². The lowest BCUT2D eigenvalue weighted by Gasteiger charge is -2.15. The molecule has 1 heterocycles. The molecule has 0 spiro atoms. The number of carbonyl (C=O) groups is 1. The Bertz CT molecular complexity index is 196. The van der Waals surface area contributed by atoms with Crippen LogP contribution in [0.4, 0.5) is 0 Å². The van der Waals surface area contributed by atoms with Gasteiger partial charge in [0.05, 0.1) is 0 Å². The first-order valence-corrected chi connectivity index (χ1v) is 5.72. The number of ether oxygens (including phenoxy) is 1. The normalized spacial score (nSPS) is 18.1. The van der Waals surface area contributed by atoms with E-state index in [9.17, 15) is 4.79 Å². The molecule has 2 heteroatoms. The quantitative estimate of drug-likeness (QED) is 0.459. The van der Waals surface area contributed by atoms with E-state index in [1.165, 1.54) is 38.5 Å². The fraction of sp³-hybridized carbons (Fsp3) is 0.750. The van der Waals surface area contributed by atoms with Crippen LogP contribution in [0, 0.1) is 0 Å². The highest BCUT2D eigenvalue weighted by molar-refractivity contribution is 5.79. The van der Waals surface area contributed by atoms with Crippen LogP contribution < -0.4 is 0 Å². The maximum absolute atomic E-state index is 10.5. The Morgan fingerprint density at radius 2 is 1.86 bits per heavy atom. The Balaban J connectivity index is 1.85. The average molecular weight is 196 g/mol. The predicted octanol–water partition coefficient (Wildman–Crippen LogP) is 3.57. The largest absolute Gasteiger partial charge is 0.430 e. The maximum Gasteiger partial charge on any atom is 0.318 e. The van der Waals surface area contributed by atoms with Crippen molar-refractivity contribution in [3.05, 3.63) is 11.8 Å². The van der Waals surface area contributed by atoms with Gasteiger partial charge >= 0.3 is 5.97 Å². The van der Waals surface area contributed by atoms with Gasteiger partial charge in [-0.3, -0.25) is 4.79 Å². The van der Waals surface area contributed by atoms with Gasteiger partial charge in [-0.15, -0.1) is 0 Å². The van der Waals surface area contributed by atoms with Crippen LogP contribution in [0.5, 0.6) is 0 Å². The molecule has 0 N–H and O–H groups in total. The van der Waals surface area contributed by atoms with E-state index in [1.807, 2.05) is 0 Å². The Labute approximate surface area is 86.3 Å². The van der Waals surface area contributed by atoms with Crippen molar-refractivity contribution in [2.75, 3.05) is 0 Å². The second-order valence-corrected chi connectivity index (χ2v) is 3.88. The van der Waals surface area contributed by atoms with Gasteiger partial charge in [0.1, 0.15) is 12.2 Å². The molecule has 0 saturated carbocycles. The van der Waals surface area contributed by atoms with E-state index in [-0.39, 0.29) is 5.97 Å². The van der Waals surface area contributed by atoms with Crippen LogP contribution >= 0.6 is 0 Å². The maximum atomic E-state index is 10.5. The van der Waals surface area contributed by atoms with Crippen molar-refractivity contribution in [3.63, 3.8) is 0 Å². The third-order valence-corrected chi connectivity index (χ3v) is 2.49. The zero-order valence-electron chi connectivity index (χ0n) is 9.05. The summed E-state index contributed by atoms with van der Waals surface area (Å²) in [4.78, 5) is 10.5. The highest BCUT2D eigenvalue weighted by Gasteiger charge is 2.20. The van der Waals surface area contributed by atoms with E-state index in [2.05, 4.69) is 13.0 Å². The van der Waals surface area contributed by atoms with E-state index in [0.717, 1.165) is 12.2 Å². The molecule has 0 aliphatic carbocycles. The summed E-state index contributed by atoms with van der Waals surface area (Å²) in [6.45, 7) is 2.23. The topological polar surface area (TPSA) is 26.3 Å². The summed E-state index contributed by atoms with van der Waals surface area (Å²) in [5, 5.41) is 0. The molecule has 0 unspecified atom stereocenters. The van der Waals surface area contributed by atoms with Crippen molar-refractivity contribution >= 4 is 5.97 Å². The smallest absolute Gasteiger partial charge is 0.318 e. The van der Waals surface area contributed by atoms with E-state index >= 15 is 0 Å². The summed E-state index contributed by atoms with van der Waals surface area (Å²) in [6, 6.07) is 0. The number of hydrogen-bond donors (Lipinski definition) is 0. The van der Waals surface area contributed by atoms with Crippen molar-refractivity contribution in [2.45, 2.75) is 58.3 Å². The molecule has 0 aromatic carbocycles. The summed E-state index contributed by atoms with van der Waals surface area (Å²) in [6.07, 6.45) is 11.5. The number of esters is 1. The molecule has 1 aliphatic rings. The molecule has 0 amide bonds. The SMILES string of the molecule is CCCCCCCCC=C1CC(=O)O1. The molecule has 14 heavy (non-hydrogen) atoms. The van der Waals surface area contributed by atoms with Crippen molar-refractivity contribution in [1.82, 2.24) is 0 Å². The molecule has 80 valence electrons. The lowest BCUT2D eigenvalue weighted by molar-refractivity contribution is -0.148. The van der Waals surface area contributed by atoms with Gasteiger partial charge in [-0.1, -0.05) is 39.0 Å². The van der Waals surface area contributed by atoms with Gasteiger partial charge in [0.2, 0.25) is 0 Å². The summed E-state index contributed by atoms with van der Waals surface area (Å²) >= 11 is 0. The Hall–Kier alpha value is -0.790. The van der Waals surface area contributed by atoms with Gasteiger partial charge in [0, 0.05) is 0 Å². The second-order valence-electron chi connectivity index (χ2n) is 3.88. The lowest BCUT2D eigenvalue weighted by Crippen LogP contribution is -2.17. The Morgan fingerprint density at radius 3 is 2.50 bits per heavy atom. The minimum absolute atomic E-state index is 0.0841. The van der Waals surface area contributed by atoms with Crippen molar-refractivity contribution in [3.8, 4) is 0 Å². The summed E-state index contributed by atoms with van der Waals surface area (Å²) in [7, 11) is 0. The fourth-order valence-corrected chi connectivity index (χ4v) is 1.58. The predicted molar refractivity (Wildman–Crippen MR) is 56.8 cm³/mol. The summed E-state index contributed by atoms with van der Waals surface area (Å²) < 4.78 is 4.81. The van der Waals surface area contributed by atoms with E-state index in [1.54, 1.807) is 0 Å². The van der Waals surface area contributed by atoms with Gasteiger partial charge < -0.3 is 4.74 Å². The van der Waals surface area contributed by atoms with E-state index in [4.69, 9.17) is 4.74 Å². The average Bonchev–Trinajstić information content (AvgIpc) is 2.13. The van der Waals surface area contributed by atoms with E-state index < -0.39 is 0 Å². The third kappa shape index (κ3) is 4.45. The van der Waals surface area contributed by atoms with E-state index in [0.29, 0.717) is 6.42 Å². The van der Waals surface area contributed by atoms with Crippen molar-refractivity contribution in [2.24, 2.45) is 0 Å². The van der Waals surface area contributed by atoms with Crippen LogP contribution in [-0.2, 0) is 9.53 Å². The number of cyclic esters (lactones) is 1. The number of allylic oxidation sites excluding steroid dienone is 1. The monoisotopic (exact) mass is 196 g/mol. The number of unbranched alkanes of at least 4 members (excludes halogenated alkanes) is 6. The van der Waals surface area contributed by atoms with Crippen LogP contribution in [0.3, 0.4) is 0 Å². The van der Waals surface area contributed by atoms with Gasteiger partial charge in [0.15, 0.2) is 0 Å². The fourth-order valence-electron chi connectivity index (χ4n) is 1.58. The van der Waals surface area contributed by atoms with Crippen molar-refractivity contribution < 1.29 is 9.53 Å². The minimum atomic E-state index is -0.0841. The lowest BCUT2D eigenvalue weighted by atomic mass is 10.1. The molecular formula is C12H20O2. The van der Waals surface area contributed by atoms with Gasteiger partial charge in [-0.05, 0) is 18.9 Å². The van der Waals surface area contributed by atoms with Crippen molar-refractivity contribution in [1.29, 1.82) is 0 Å². The molecule has 1 fully saturated rings. The zero-order valence-corrected chi connectivity index (χ0v) is 9.05. The first kappa shape index (κ1) is 11.3. The summed E-state index contributed by atoms with van der Waals surface area (Å²) in [5.74, 6) is 0.794. The summed E-state index contributed by atoms with van der Waals surface area (Å²) in [5.41, 5.74) is 0. The molecule has 0 aromatic heterocycles. The highest BCUT2D eigenvalue weighted by Crippen LogP contribution is 2.18. The molecule has 0 radical (unpaired) electrons. The molecule has 1 saturated heterocycles. The van der Waals surface area contributed by atoms with Gasteiger partial charge in [-0.25, -0.2) is 0 Å². The van der Waals surface area contributed by atoms with Crippen LogP contribution in [-0.4, -0.2) is 5.97 Å². The second kappa shape index (κ2) is 6.63. The van der Waals surface area contributed by atoms with Gasteiger partial charge in [0.25, 0.3) is 0 Å². The number of rotatable bonds is 7. The van der Waals surface area contributed by atoms with Gasteiger partial charge in [-0.2, -0.15) is 0 Å². The molecule has 1 aliphatic heterocycles. The minimum Gasteiger partial charge on any atom is -0.430 e. The third-order valence-electron chi connectivity index (χ3n) is 2.49. The van der Waals surface area contributed by atoms with Crippen LogP contribution in [0.15, 0.2) is 11.8 Å². The highest BCUT2D eigenvalue weighted by atomic mass is 16.6. The molecule has 0 bridgehead atoms. The number of hydrogen-bond acceptors (Lipinski definition) is 2.